The lowest BCUT2D eigenvalue weighted by Crippen LogP contribution is -2.54. The third-order valence-electron chi connectivity index (χ3n) is 2.63. The van der Waals surface area contributed by atoms with Crippen LogP contribution in [0.25, 0.3) is 0 Å². The summed E-state index contributed by atoms with van der Waals surface area (Å²) in [6.45, 7) is 9.68. The summed E-state index contributed by atoms with van der Waals surface area (Å²) in [5.41, 5.74) is -0.717. The van der Waals surface area contributed by atoms with E-state index in [0.717, 1.165) is 0 Å². The molecule has 1 aliphatic rings. The minimum Gasteiger partial charge on any atom is -0.372 e. The molecule has 0 aromatic heterocycles. The molecular formula is C11H20ClNO2. The minimum absolute atomic E-state index is 0.119. The maximum Gasteiger partial charge on any atom is 0.229 e. The second kappa shape index (κ2) is 4.30. The van der Waals surface area contributed by atoms with Crippen LogP contribution in [0, 0.1) is 5.41 Å². The van der Waals surface area contributed by atoms with Crippen molar-refractivity contribution in [1.29, 1.82) is 0 Å². The first kappa shape index (κ1) is 12.8. The molecular weight excluding hydrogens is 214 g/mol. The summed E-state index contributed by atoms with van der Waals surface area (Å²) in [5, 5.41) is 0. The van der Waals surface area contributed by atoms with Gasteiger partial charge >= 0.3 is 0 Å². The molecule has 1 rings (SSSR count). The van der Waals surface area contributed by atoms with Crippen molar-refractivity contribution in [3.8, 4) is 0 Å². The van der Waals surface area contributed by atoms with E-state index in [-0.39, 0.29) is 11.5 Å². The third-order valence-corrected chi connectivity index (χ3v) is 3.29. The summed E-state index contributed by atoms with van der Waals surface area (Å²) >= 11 is 5.80. The summed E-state index contributed by atoms with van der Waals surface area (Å²) < 4.78 is 5.57. The number of carbonyl (C=O) groups is 1. The van der Waals surface area contributed by atoms with Crippen LogP contribution >= 0.6 is 11.6 Å². The van der Waals surface area contributed by atoms with E-state index in [0.29, 0.717) is 25.6 Å². The average molecular weight is 234 g/mol. The molecule has 1 saturated heterocycles. The van der Waals surface area contributed by atoms with Gasteiger partial charge in [0.15, 0.2) is 0 Å². The van der Waals surface area contributed by atoms with Crippen LogP contribution in [0.2, 0.25) is 0 Å². The summed E-state index contributed by atoms with van der Waals surface area (Å²) in [7, 11) is 0. The predicted molar refractivity (Wildman–Crippen MR) is 61.1 cm³/mol. The number of hydrogen-bond acceptors (Lipinski definition) is 2. The molecule has 0 aliphatic carbocycles. The highest BCUT2D eigenvalue weighted by molar-refractivity contribution is 6.19. The zero-order chi connectivity index (χ0) is 11.7. The number of hydrogen-bond donors (Lipinski definition) is 0. The first-order valence-corrected chi connectivity index (χ1v) is 5.81. The van der Waals surface area contributed by atoms with E-state index in [2.05, 4.69) is 0 Å². The fourth-order valence-corrected chi connectivity index (χ4v) is 1.79. The van der Waals surface area contributed by atoms with Gasteiger partial charge in [0.2, 0.25) is 5.91 Å². The van der Waals surface area contributed by atoms with Crippen LogP contribution in [-0.4, -0.2) is 42.0 Å². The van der Waals surface area contributed by atoms with Crippen LogP contribution in [0.4, 0.5) is 0 Å². The van der Waals surface area contributed by atoms with Crippen LogP contribution in [0.1, 0.15) is 27.7 Å². The van der Waals surface area contributed by atoms with Gasteiger partial charge in [-0.05, 0) is 27.7 Å². The standard InChI is InChI=1S/C11H20ClNO2/c1-10(2,7-12)9(14)13-5-6-15-11(3,4)8-13/h5-8H2,1-4H3. The topological polar surface area (TPSA) is 29.5 Å². The number of alkyl halides is 1. The molecule has 1 aliphatic heterocycles. The van der Waals surface area contributed by atoms with Gasteiger partial charge in [-0.1, -0.05) is 0 Å². The highest BCUT2D eigenvalue weighted by Gasteiger charge is 2.36. The Bertz CT molecular complexity index is 251. The zero-order valence-corrected chi connectivity index (χ0v) is 10.7. The Kier molecular flexibility index (Phi) is 3.67. The molecule has 0 unspecified atom stereocenters. The predicted octanol–water partition coefficient (Wildman–Crippen LogP) is 1.89. The number of carbonyl (C=O) groups excluding carboxylic acids is 1. The first-order chi connectivity index (χ1) is 6.78. The number of amides is 1. The number of nitrogens with zero attached hydrogens (tertiary/aromatic N) is 1. The van der Waals surface area contributed by atoms with Crippen LogP contribution in [0.3, 0.4) is 0 Å². The molecule has 3 nitrogen and oxygen atoms in total. The molecule has 0 bridgehead atoms. The minimum atomic E-state index is -0.477. The van der Waals surface area contributed by atoms with Crippen molar-refractivity contribution in [3.05, 3.63) is 0 Å². The van der Waals surface area contributed by atoms with E-state index in [1.165, 1.54) is 0 Å². The molecule has 0 aromatic carbocycles. The van der Waals surface area contributed by atoms with Gasteiger partial charge in [-0.25, -0.2) is 0 Å². The lowest BCUT2D eigenvalue weighted by atomic mass is 9.93. The molecule has 0 radical (unpaired) electrons. The normalized spacial score (nSPS) is 21.5. The Hall–Kier alpha value is -0.280. The van der Waals surface area contributed by atoms with Crippen molar-refractivity contribution in [2.75, 3.05) is 25.6 Å². The Morgan fingerprint density at radius 3 is 2.60 bits per heavy atom. The van der Waals surface area contributed by atoms with Crippen molar-refractivity contribution in [1.82, 2.24) is 4.90 Å². The molecule has 1 heterocycles. The molecule has 15 heavy (non-hydrogen) atoms. The van der Waals surface area contributed by atoms with E-state index in [4.69, 9.17) is 16.3 Å². The summed E-state index contributed by atoms with van der Waals surface area (Å²) in [6, 6.07) is 0. The number of rotatable bonds is 2. The number of ether oxygens (including phenoxy) is 1. The summed E-state index contributed by atoms with van der Waals surface area (Å²) in [5.74, 6) is 0.470. The fourth-order valence-electron chi connectivity index (χ4n) is 1.68. The third kappa shape index (κ3) is 3.08. The second-order valence-electron chi connectivity index (χ2n) is 5.35. The van der Waals surface area contributed by atoms with E-state index < -0.39 is 5.41 Å². The van der Waals surface area contributed by atoms with Crippen molar-refractivity contribution in [2.24, 2.45) is 5.41 Å². The van der Waals surface area contributed by atoms with Gasteiger partial charge in [-0.3, -0.25) is 4.79 Å². The quantitative estimate of drug-likeness (QED) is 0.682. The number of halogens is 1. The molecule has 1 amide bonds. The van der Waals surface area contributed by atoms with Crippen LogP contribution in [0.5, 0.6) is 0 Å². The zero-order valence-electron chi connectivity index (χ0n) is 9.97. The molecule has 0 atom stereocenters. The van der Waals surface area contributed by atoms with Crippen molar-refractivity contribution < 1.29 is 9.53 Å². The molecule has 0 aromatic rings. The Balaban J connectivity index is 2.68. The fraction of sp³-hybridized carbons (Fsp3) is 0.909. The first-order valence-electron chi connectivity index (χ1n) is 5.28. The molecule has 4 heteroatoms. The Morgan fingerprint density at radius 1 is 1.53 bits per heavy atom. The molecule has 0 N–H and O–H groups in total. The largest absolute Gasteiger partial charge is 0.372 e. The highest BCUT2D eigenvalue weighted by atomic mass is 35.5. The van der Waals surface area contributed by atoms with Gasteiger partial charge in [0.25, 0.3) is 0 Å². The molecule has 88 valence electrons. The van der Waals surface area contributed by atoms with Crippen molar-refractivity contribution >= 4 is 17.5 Å². The van der Waals surface area contributed by atoms with Crippen LogP contribution in [0.15, 0.2) is 0 Å². The van der Waals surface area contributed by atoms with E-state index >= 15 is 0 Å². The van der Waals surface area contributed by atoms with E-state index in [9.17, 15) is 4.79 Å². The lowest BCUT2D eigenvalue weighted by molar-refractivity contribution is -0.153. The van der Waals surface area contributed by atoms with Gasteiger partial charge in [-0.15, -0.1) is 11.6 Å². The van der Waals surface area contributed by atoms with Crippen LogP contribution < -0.4 is 0 Å². The van der Waals surface area contributed by atoms with Gasteiger partial charge in [0, 0.05) is 19.0 Å². The Morgan fingerprint density at radius 2 is 2.13 bits per heavy atom. The van der Waals surface area contributed by atoms with Gasteiger partial charge < -0.3 is 9.64 Å². The second-order valence-corrected chi connectivity index (χ2v) is 5.62. The average Bonchev–Trinajstić information content (AvgIpc) is 2.15. The molecule has 0 saturated carbocycles. The lowest BCUT2D eigenvalue weighted by Gasteiger charge is -2.40. The van der Waals surface area contributed by atoms with Gasteiger partial charge in [0.05, 0.1) is 17.6 Å². The van der Waals surface area contributed by atoms with E-state index in [1.54, 1.807) is 0 Å². The SMILES string of the molecule is CC1(C)CN(C(=O)C(C)(C)CCl)CCO1. The van der Waals surface area contributed by atoms with Gasteiger partial charge in [-0.2, -0.15) is 0 Å². The van der Waals surface area contributed by atoms with Crippen molar-refractivity contribution in [3.63, 3.8) is 0 Å². The Labute approximate surface area is 96.7 Å². The van der Waals surface area contributed by atoms with Crippen LogP contribution in [-0.2, 0) is 9.53 Å². The van der Waals surface area contributed by atoms with Gasteiger partial charge in [0.1, 0.15) is 0 Å². The highest BCUT2D eigenvalue weighted by Crippen LogP contribution is 2.24. The van der Waals surface area contributed by atoms with E-state index in [1.807, 2.05) is 32.6 Å². The smallest absolute Gasteiger partial charge is 0.229 e. The monoisotopic (exact) mass is 233 g/mol. The maximum atomic E-state index is 12.1. The summed E-state index contributed by atoms with van der Waals surface area (Å²) in [4.78, 5) is 14.0. The molecule has 1 fully saturated rings. The maximum absolute atomic E-state index is 12.1. The number of morpholine rings is 1. The molecule has 0 spiro atoms. The summed E-state index contributed by atoms with van der Waals surface area (Å²) in [6.07, 6.45) is 0. The van der Waals surface area contributed by atoms with Crippen molar-refractivity contribution in [2.45, 2.75) is 33.3 Å².